The van der Waals surface area contributed by atoms with E-state index in [9.17, 15) is 4.79 Å². The summed E-state index contributed by atoms with van der Waals surface area (Å²) in [6, 6.07) is 0.557. The third-order valence-electron chi connectivity index (χ3n) is 5.12. The minimum absolute atomic E-state index is 0.104. The molecule has 0 unspecified atom stereocenters. The van der Waals surface area contributed by atoms with Crippen molar-refractivity contribution in [1.82, 2.24) is 24.3 Å². The second-order valence-corrected chi connectivity index (χ2v) is 6.51. The van der Waals surface area contributed by atoms with Gasteiger partial charge in [0.1, 0.15) is 5.82 Å². The number of likely N-dealkylation sites (tertiary alicyclic amines) is 1. The number of likely N-dealkylation sites (N-methyl/N-ethyl adjacent to an activating group) is 1. The zero-order valence-electron chi connectivity index (χ0n) is 13.9. The minimum Gasteiger partial charge on any atom is -0.344 e. The standard InChI is InChI=1S/C16H27N5O/c1-4-19-8-6-17-15(19)12-20-9-10-21(11-13(20)2)14-5-7-18(3)16(14)22/h6,8,13-14H,4-5,7,9-12H2,1-3H3/t13-,14+/m1/s1. The number of carbonyl (C=O) groups is 1. The molecule has 1 aromatic rings. The monoisotopic (exact) mass is 305 g/mol. The van der Waals surface area contributed by atoms with E-state index in [1.54, 1.807) is 0 Å². The van der Waals surface area contributed by atoms with E-state index in [0.717, 1.165) is 51.5 Å². The molecule has 6 nitrogen and oxygen atoms in total. The van der Waals surface area contributed by atoms with Crippen LogP contribution in [0.15, 0.2) is 12.4 Å². The lowest BCUT2D eigenvalue weighted by molar-refractivity contribution is -0.132. The van der Waals surface area contributed by atoms with E-state index in [1.165, 1.54) is 0 Å². The molecule has 1 aromatic heterocycles. The van der Waals surface area contributed by atoms with Crippen LogP contribution in [0.2, 0.25) is 0 Å². The lowest BCUT2D eigenvalue weighted by Crippen LogP contribution is -2.56. The zero-order chi connectivity index (χ0) is 15.7. The fourth-order valence-corrected chi connectivity index (χ4v) is 3.65. The van der Waals surface area contributed by atoms with Crippen LogP contribution < -0.4 is 0 Å². The minimum atomic E-state index is 0.104. The summed E-state index contributed by atoms with van der Waals surface area (Å²) in [6.45, 7) is 10.1. The lowest BCUT2D eigenvalue weighted by Gasteiger charge is -2.41. The molecule has 122 valence electrons. The Morgan fingerprint density at radius 2 is 2.14 bits per heavy atom. The van der Waals surface area contributed by atoms with Crippen molar-refractivity contribution in [3.8, 4) is 0 Å². The summed E-state index contributed by atoms with van der Waals surface area (Å²) >= 11 is 0. The molecule has 0 radical (unpaired) electrons. The Kier molecular flexibility index (Phi) is 4.49. The van der Waals surface area contributed by atoms with E-state index >= 15 is 0 Å². The number of hydrogen-bond acceptors (Lipinski definition) is 4. The number of aryl methyl sites for hydroxylation is 1. The molecule has 2 aliphatic heterocycles. The van der Waals surface area contributed by atoms with E-state index in [4.69, 9.17) is 0 Å². The summed E-state index contributed by atoms with van der Waals surface area (Å²) in [5, 5.41) is 0. The maximum atomic E-state index is 12.2. The van der Waals surface area contributed by atoms with Gasteiger partial charge in [-0.25, -0.2) is 4.98 Å². The molecule has 3 rings (SSSR count). The van der Waals surface area contributed by atoms with Crippen molar-refractivity contribution in [2.75, 3.05) is 33.2 Å². The molecular weight excluding hydrogens is 278 g/mol. The number of hydrogen-bond donors (Lipinski definition) is 0. The highest BCUT2D eigenvalue weighted by atomic mass is 16.2. The summed E-state index contributed by atoms with van der Waals surface area (Å²) in [5.74, 6) is 1.43. The third kappa shape index (κ3) is 2.90. The van der Waals surface area contributed by atoms with Crippen molar-refractivity contribution in [1.29, 1.82) is 0 Å². The number of aromatic nitrogens is 2. The highest BCUT2D eigenvalue weighted by Crippen LogP contribution is 2.21. The Morgan fingerprint density at radius 1 is 1.32 bits per heavy atom. The van der Waals surface area contributed by atoms with Gasteiger partial charge in [-0.15, -0.1) is 0 Å². The summed E-state index contributed by atoms with van der Waals surface area (Å²) < 4.78 is 2.20. The number of carbonyl (C=O) groups excluding carboxylic acids is 1. The normalized spacial score (nSPS) is 27.8. The van der Waals surface area contributed by atoms with Crippen LogP contribution in [0.3, 0.4) is 0 Å². The van der Waals surface area contributed by atoms with Crippen molar-refractivity contribution in [2.24, 2.45) is 0 Å². The van der Waals surface area contributed by atoms with Crippen molar-refractivity contribution in [3.05, 3.63) is 18.2 Å². The van der Waals surface area contributed by atoms with Crippen LogP contribution in [0.5, 0.6) is 0 Å². The molecule has 0 aromatic carbocycles. The average molecular weight is 305 g/mol. The van der Waals surface area contributed by atoms with Gasteiger partial charge in [0.15, 0.2) is 0 Å². The first kappa shape index (κ1) is 15.5. The molecule has 2 aliphatic rings. The second kappa shape index (κ2) is 6.38. The Balaban J connectivity index is 1.59. The Labute approximate surface area is 132 Å². The van der Waals surface area contributed by atoms with Crippen LogP contribution >= 0.6 is 0 Å². The Morgan fingerprint density at radius 3 is 2.77 bits per heavy atom. The molecule has 2 atom stereocenters. The summed E-state index contributed by atoms with van der Waals surface area (Å²) in [4.78, 5) is 23.4. The van der Waals surface area contributed by atoms with Crippen LogP contribution in [0.25, 0.3) is 0 Å². The van der Waals surface area contributed by atoms with Crippen molar-refractivity contribution < 1.29 is 4.79 Å². The molecule has 0 spiro atoms. The Bertz CT molecular complexity index is 528. The van der Waals surface area contributed by atoms with Crippen molar-refractivity contribution in [2.45, 2.75) is 45.4 Å². The molecule has 22 heavy (non-hydrogen) atoms. The predicted octanol–water partition coefficient (Wildman–Crippen LogP) is 0.640. The first-order chi connectivity index (χ1) is 10.6. The van der Waals surface area contributed by atoms with Crippen LogP contribution in [0.1, 0.15) is 26.1 Å². The molecule has 0 bridgehead atoms. The van der Waals surface area contributed by atoms with Gasteiger partial charge < -0.3 is 9.47 Å². The fourth-order valence-electron chi connectivity index (χ4n) is 3.65. The first-order valence-corrected chi connectivity index (χ1v) is 8.33. The molecule has 2 fully saturated rings. The number of amides is 1. The fraction of sp³-hybridized carbons (Fsp3) is 0.750. The van der Waals surface area contributed by atoms with Gasteiger partial charge in [0.05, 0.1) is 12.6 Å². The largest absolute Gasteiger partial charge is 0.344 e. The van der Waals surface area contributed by atoms with E-state index in [2.05, 4.69) is 33.2 Å². The first-order valence-electron chi connectivity index (χ1n) is 8.33. The van der Waals surface area contributed by atoms with E-state index in [1.807, 2.05) is 24.3 Å². The summed E-state index contributed by atoms with van der Waals surface area (Å²) in [7, 11) is 1.91. The average Bonchev–Trinajstić information content (AvgIpc) is 3.09. The summed E-state index contributed by atoms with van der Waals surface area (Å²) in [6.07, 6.45) is 4.90. The predicted molar refractivity (Wildman–Crippen MR) is 85.4 cm³/mol. The van der Waals surface area contributed by atoms with Crippen LogP contribution in [0, 0.1) is 0 Å². The zero-order valence-corrected chi connectivity index (χ0v) is 13.9. The van der Waals surface area contributed by atoms with Crippen molar-refractivity contribution >= 4 is 5.91 Å². The molecule has 2 saturated heterocycles. The molecule has 6 heteroatoms. The number of imidazole rings is 1. The number of rotatable bonds is 4. The quantitative estimate of drug-likeness (QED) is 0.819. The van der Waals surface area contributed by atoms with Crippen LogP contribution in [-0.4, -0.2) is 75.5 Å². The highest BCUT2D eigenvalue weighted by Gasteiger charge is 2.37. The summed E-state index contributed by atoms with van der Waals surface area (Å²) in [5.41, 5.74) is 0. The number of nitrogens with zero attached hydrogens (tertiary/aromatic N) is 5. The van der Waals surface area contributed by atoms with Crippen LogP contribution in [0.4, 0.5) is 0 Å². The van der Waals surface area contributed by atoms with Gasteiger partial charge in [-0.3, -0.25) is 14.6 Å². The van der Waals surface area contributed by atoms with E-state index in [-0.39, 0.29) is 6.04 Å². The Hall–Kier alpha value is -1.40. The molecular formula is C16H27N5O. The maximum absolute atomic E-state index is 12.2. The molecule has 1 amide bonds. The molecule has 3 heterocycles. The van der Waals surface area contributed by atoms with Gasteiger partial charge >= 0.3 is 0 Å². The SMILES string of the molecule is CCn1ccnc1CN1CCN([C@H]2CCN(C)C2=O)C[C@H]1C. The van der Waals surface area contributed by atoms with Gasteiger partial charge in [0.25, 0.3) is 0 Å². The number of piperazine rings is 1. The topological polar surface area (TPSA) is 44.6 Å². The van der Waals surface area contributed by atoms with Gasteiger partial charge in [0.2, 0.25) is 5.91 Å². The van der Waals surface area contributed by atoms with Gasteiger partial charge in [0, 0.05) is 58.2 Å². The van der Waals surface area contributed by atoms with Crippen molar-refractivity contribution in [3.63, 3.8) is 0 Å². The maximum Gasteiger partial charge on any atom is 0.239 e. The van der Waals surface area contributed by atoms with Gasteiger partial charge in [-0.05, 0) is 20.3 Å². The molecule has 0 aliphatic carbocycles. The highest BCUT2D eigenvalue weighted by molar-refractivity contribution is 5.83. The third-order valence-corrected chi connectivity index (χ3v) is 5.12. The second-order valence-electron chi connectivity index (χ2n) is 6.51. The molecule has 0 saturated carbocycles. The lowest BCUT2D eigenvalue weighted by atomic mass is 10.1. The van der Waals surface area contributed by atoms with E-state index in [0.29, 0.717) is 11.9 Å². The van der Waals surface area contributed by atoms with Gasteiger partial charge in [-0.2, -0.15) is 0 Å². The molecule has 0 N–H and O–H groups in total. The smallest absolute Gasteiger partial charge is 0.239 e. The van der Waals surface area contributed by atoms with E-state index < -0.39 is 0 Å². The van der Waals surface area contributed by atoms with Gasteiger partial charge in [-0.1, -0.05) is 0 Å². The van der Waals surface area contributed by atoms with Crippen LogP contribution in [-0.2, 0) is 17.9 Å².